The van der Waals surface area contributed by atoms with E-state index in [0.29, 0.717) is 17.9 Å². The fraction of sp³-hybridized carbons (Fsp3) is 0.529. The van der Waals surface area contributed by atoms with Gasteiger partial charge in [-0.15, -0.1) is 0 Å². The van der Waals surface area contributed by atoms with Crippen molar-refractivity contribution < 1.29 is 14.3 Å². The summed E-state index contributed by atoms with van der Waals surface area (Å²) in [5, 5.41) is 6.22. The molecule has 1 aromatic carbocycles. The molecule has 0 saturated carbocycles. The summed E-state index contributed by atoms with van der Waals surface area (Å²) in [6.45, 7) is 2.00. The maximum absolute atomic E-state index is 12.8. The highest BCUT2D eigenvalue weighted by Crippen LogP contribution is 2.31. The van der Waals surface area contributed by atoms with Gasteiger partial charge < -0.3 is 20.3 Å². The first-order valence-corrected chi connectivity index (χ1v) is 7.81. The molecule has 2 N–H and O–H groups in total. The molecule has 0 aliphatic carbocycles. The van der Waals surface area contributed by atoms with Crippen molar-refractivity contribution in [3.8, 4) is 0 Å². The summed E-state index contributed by atoms with van der Waals surface area (Å²) in [7, 11) is 5.03. The van der Waals surface area contributed by atoms with Gasteiger partial charge in [0.05, 0.1) is 12.0 Å². The van der Waals surface area contributed by atoms with Gasteiger partial charge in [0.25, 0.3) is 5.91 Å². The van der Waals surface area contributed by atoms with E-state index in [9.17, 15) is 9.59 Å². The number of amides is 2. The molecule has 23 heavy (non-hydrogen) atoms. The Hall–Kier alpha value is -1.92. The number of hydrogen-bond acceptors (Lipinski definition) is 4. The van der Waals surface area contributed by atoms with Gasteiger partial charge >= 0.3 is 0 Å². The van der Waals surface area contributed by atoms with Crippen molar-refractivity contribution in [1.29, 1.82) is 0 Å². The molecule has 0 atom stereocenters. The highest BCUT2D eigenvalue weighted by Gasteiger charge is 2.39. The summed E-state index contributed by atoms with van der Waals surface area (Å²) in [5.41, 5.74) is 0.678. The van der Waals surface area contributed by atoms with Crippen LogP contribution in [-0.2, 0) is 9.53 Å². The van der Waals surface area contributed by atoms with E-state index in [4.69, 9.17) is 4.74 Å². The summed E-state index contributed by atoms with van der Waals surface area (Å²) in [6, 6.07) is 7.03. The van der Waals surface area contributed by atoms with Gasteiger partial charge in [0, 0.05) is 32.5 Å². The number of rotatable bonds is 5. The molecule has 1 aliphatic heterocycles. The molecular weight excluding hydrogens is 294 g/mol. The van der Waals surface area contributed by atoms with Crippen LogP contribution in [0.1, 0.15) is 23.2 Å². The number of nitrogens with one attached hydrogen (secondary N) is 2. The molecule has 1 fully saturated rings. The Morgan fingerprint density at radius 1 is 1.30 bits per heavy atom. The number of carbonyl (C=O) groups is 2. The lowest BCUT2D eigenvalue weighted by atomic mass is 9.78. The minimum atomic E-state index is -0.512. The number of piperidine rings is 1. The van der Waals surface area contributed by atoms with Gasteiger partial charge in [-0.05, 0) is 44.1 Å². The Balaban J connectivity index is 2.15. The number of hydrogen-bond donors (Lipinski definition) is 2. The molecule has 0 aromatic heterocycles. The first-order valence-electron chi connectivity index (χ1n) is 7.81. The molecule has 6 heteroatoms. The molecule has 2 amide bonds. The predicted octanol–water partition coefficient (Wildman–Crippen LogP) is 1.34. The molecule has 126 valence electrons. The van der Waals surface area contributed by atoms with Crippen molar-refractivity contribution in [2.24, 2.45) is 5.41 Å². The third-order valence-corrected chi connectivity index (χ3v) is 4.24. The largest absolute Gasteiger partial charge is 0.384 e. The molecular formula is C17H25N3O3. The van der Waals surface area contributed by atoms with E-state index in [1.54, 1.807) is 45.5 Å². The molecule has 0 unspecified atom stereocenters. The number of methoxy groups -OCH3 is 1. The zero-order valence-electron chi connectivity index (χ0n) is 14.0. The first-order chi connectivity index (χ1) is 11.0. The Kier molecular flexibility index (Phi) is 5.74. The summed E-state index contributed by atoms with van der Waals surface area (Å²) < 4.78 is 5.29. The van der Waals surface area contributed by atoms with E-state index in [0.717, 1.165) is 25.9 Å². The summed E-state index contributed by atoms with van der Waals surface area (Å²) in [4.78, 5) is 26.3. The van der Waals surface area contributed by atoms with Crippen LogP contribution in [-0.4, -0.2) is 57.6 Å². The van der Waals surface area contributed by atoms with Crippen LogP contribution in [0, 0.1) is 5.41 Å². The number of nitrogens with zero attached hydrogens (tertiary/aromatic N) is 1. The van der Waals surface area contributed by atoms with Gasteiger partial charge in [-0.1, -0.05) is 6.07 Å². The molecule has 1 aromatic rings. The quantitative estimate of drug-likeness (QED) is 0.859. The van der Waals surface area contributed by atoms with Crippen LogP contribution in [0.25, 0.3) is 0 Å². The second-order valence-electron chi connectivity index (χ2n) is 6.20. The first kappa shape index (κ1) is 17.4. The lowest BCUT2D eigenvalue weighted by molar-refractivity contribution is -0.130. The molecule has 1 heterocycles. The van der Waals surface area contributed by atoms with Crippen molar-refractivity contribution >= 4 is 17.5 Å². The molecule has 6 nitrogen and oxygen atoms in total. The summed E-state index contributed by atoms with van der Waals surface area (Å²) in [5.74, 6) is -0.134. The second-order valence-corrected chi connectivity index (χ2v) is 6.20. The molecule has 0 spiro atoms. The van der Waals surface area contributed by atoms with E-state index < -0.39 is 5.41 Å². The molecule has 1 aliphatic rings. The highest BCUT2D eigenvalue weighted by atomic mass is 16.5. The van der Waals surface area contributed by atoms with Crippen LogP contribution in [0.15, 0.2) is 24.3 Å². The monoisotopic (exact) mass is 319 g/mol. The highest BCUT2D eigenvalue weighted by molar-refractivity contribution is 5.98. The van der Waals surface area contributed by atoms with Crippen LogP contribution >= 0.6 is 0 Å². The number of ether oxygens (including phenoxy) is 1. The van der Waals surface area contributed by atoms with Crippen LogP contribution in [0.3, 0.4) is 0 Å². The van der Waals surface area contributed by atoms with Crippen LogP contribution in [0.2, 0.25) is 0 Å². The fourth-order valence-electron chi connectivity index (χ4n) is 2.87. The molecule has 0 bridgehead atoms. The Morgan fingerprint density at radius 3 is 2.61 bits per heavy atom. The summed E-state index contributed by atoms with van der Waals surface area (Å²) >= 11 is 0. The third kappa shape index (κ3) is 4.09. The smallest absolute Gasteiger partial charge is 0.253 e. The number of anilines is 1. The van der Waals surface area contributed by atoms with Gasteiger partial charge in [0.2, 0.25) is 5.91 Å². The van der Waals surface area contributed by atoms with Crippen molar-refractivity contribution in [1.82, 2.24) is 10.2 Å². The Labute approximate surface area is 137 Å². The summed E-state index contributed by atoms with van der Waals surface area (Å²) in [6.07, 6.45) is 1.48. The van der Waals surface area contributed by atoms with E-state index >= 15 is 0 Å². The van der Waals surface area contributed by atoms with Gasteiger partial charge in [-0.2, -0.15) is 0 Å². The van der Waals surface area contributed by atoms with Crippen molar-refractivity contribution in [3.63, 3.8) is 0 Å². The zero-order valence-corrected chi connectivity index (χ0v) is 14.0. The predicted molar refractivity (Wildman–Crippen MR) is 89.5 cm³/mol. The molecule has 1 saturated heterocycles. The standard InChI is InChI=1S/C17H25N3O3/c1-20(2)15(21)13-5-4-6-14(11-13)19-16(22)17(12-23-3)7-9-18-10-8-17/h4-6,11,18H,7-10,12H2,1-3H3,(H,19,22). The minimum absolute atomic E-state index is 0.0460. The SMILES string of the molecule is COCC1(C(=O)Nc2cccc(C(=O)N(C)C)c2)CCNCC1. The van der Waals surface area contributed by atoms with Crippen LogP contribution in [0.4, 0.5) is 5.69 Å². The molecule has 0 radical (unpaired) electrons. The van der Waals surface area contributed by atoms with E-state index in [1.165, 1.54) is 4.90 Å². The van der Waals surface area contributed by atoms with Gasteiger partial charge in [0.15, 0.2) is 0 Å². The van der Waals surface area contributed by atoms with E-state index in [-0.39, 0.29) is 11.8 Å². The lowest BCUT2D eigenvalue weighted by Gasteiger charge is -2.35. The Bertz CT molecular complexity index is 560. The average Bonchev–Trinajstić information content (AvgIpc) is 2.55. The van der Waals surface area contributed by atoms with E-state index in [1.807, 2.05) is 0 Å². The number of benzene rings is 1. The maximum Gasteiger partial charge on any atom is 0.253 e. The van der Waals surface area contributed by atoms with Crippen molar-refractivity contribution in [3.05, 3.63) is 29.8 Å². The average molecular weight is 319 g/mol. The minimum Gasteiger partial charge on any atom is -0.384 e. The second kappa shape index (κ2) is 7.57. The third-order valence-electron chi connectivity index (χ3n) is 4.24. The fourth-order valence-corrected chi connectivity index (χ4v) is 2.87. The van der Waals surface area contributed by atoms with Crippen molar-refractivity contribution in [2.75, 3.05) is 46.2 Å². The lowest BCUT2D eigenvalue weighted by Crippen LogP contribution is -2.47. The van der Waals surface area contributed by atoms with Crippen LogP contribution in [0.5, 0.6) is 0 Å². The Morgan fingerprint density at radius 2 is 2.00 bits per heavy atom. The number of carbonyl (C=O) groups excluding carboxylic acids is 2. The van der Waals surface area contributed by atoms with Gasteiger partial charge in [0.1, 0.15) is 0 Å². The van der Waals surface area contributed by atoms with Gasteiger partial charge in [-0.3, -0.25) is 9.59 Å². The zero-order chi connectivity index (χ0) is 16.9. The molecule has 2 rings (SSSR count). The van der Waals surface area contributed by atoms with Crippen molar-refractivity contribution in [2.45, 2.75) is 12.8 Å². The van der Waals surface area contributed by atoms with E-state index in [2.05, 4.69) is 10.6 Å². The van der Waals surface area contributed by atoms with Crippen LogP contribution < -0.4 is 10.6 Å². The topological polar surface area (TPSA) is 70.7 Å². The van der Waals surface area contributed by atoms with Gasteiger partial charge in [-0.25, -0.2) is 0 Å². The maximum atomic E-state index is 12.8. The normalized spacial score (nSPS) is 16.7.